The summed E-state index contributed by atoms with van der Waals surface area (Å²) in [6, 6.07) is 17.0. The Hall–Kier alpha value is -3.62. The molecule has 0 bridgehead atoms. The van der Waals surface area contributed by atoms with Crippen LogP contribution in [0.1, 0.15) is 82.6 Å². The Morgan fingerprint density at radius 1 is 0.933 bits per heavy atom. The van der Waals surface area contributed by atoms with Crippen LogP contribution in [-0.4, -0.2) is 23.6 Å². The summed E-state index contributed by atoms with van der Waals surface area (Å²) in [7, 11) is 0. The summed E-state index contributed by atoms with van der Waals surface area (Å²) in [5.41, 5.74) is 6.57. The van der Waals surface area contributed by atoms with Gasteiger partial charge >= 0.3 is 5.97 Å². The molecule has 8 heteroatoms. The molecule has 0 fully saturated rings. The third-order valence-electron chi connectivity index (χ3n) is 8.52. The number of hydrogen-bond donors (Lipinski definition) is 1. The molecule has 1 N–H and O–H groups in total. The zero-order valence-electron chi connectivity index (χ0n) is 26.0. The van der Waals surface area contributed by atoms with Crippen molar-refractivity contribution in [1.29, 1.82) is 0 Å². The van der Waals surface area contributed by atoms with Crippen molar-refractivity contribution in [3.8, 4) is 0 Å². The van der Waals surface area contributed by atoms with Crippen molar-refractivity contribution in [2.45, 2.75) is 89.0 Å². The third kappa shape index (κ3) is 8.76. The summed E-state index contributed by atoms with van der Waals surface area (Å²) in [4.78, 5) is 25.3. The van der Waals surface area contributed by atoms with Crippen molar-refractivity contribution in [1.82, 2.24) is 0 Å². The van der Waals surface area contributed by atoms with E-state index in [4.69, 9.17) is 5.11 Å². The number of aliphatic carboxylic acids is 2. The van der Waals surface area contributed by atoms with Crippen molar-refractivity contribution in [2.75, 3.05) is 11.4 Å². The summed E-state index contributed by atoms with van der Waals surface area (Å²) in [5.74, 6) is -1.69. The molecule has 0 saturated carbocycles. The summed E-state index contributed by atoms with van der Waals surface area (Å²) < 4.78 is 3.65. The number of hydrogen-bond acceptors (Lipinski definition) is 6. The first-order valence-corrected chi connectivity index (χ1v) is 17.7. The number of carbonyl (C=O) groups excluding carboxylic acids is 1. The molecular formula is C37H42N2O4S2. The monoisotopic (exact) mass is 642 g/mol. The van der Waals surface area contributed by atoms with E-state index < -0.39 is 11.9 Å². The van der Waals surface area contributed by atoms with E-state index >= 15 is 0 Å². The van der Waals surface area contributed by atoms with E-state index in [1.165, 1.54) is 47.6 Å². The number of aryl methyl sites for hydroxylation is 1. The first-order chi connectivity index (χ1) is 21.9. The molecule has 0 radical (unpaired) electrons. The standard InChI is InChI=1S/C37H42N2O4S2/c1-27-28(21-23-34-38(25-10-2-4-19-36(40)41)30-15-6-8-17-32(30)44-34)13-12-14-29(27)22-24-35-39(26-11-3-5-20-37(42)43)31-16-7-9-18-33(31)45-35/h6-9,15-18,21-24H,2-5,10-14,19-20,25-26H2,1H3,(H-,40,41,42,43). The van der Waals surface area contributed by atoms with Gasteiger partial charge in [0.25, 0.3) is 5.01 Å². The highest BCUT2D eigenvalue weighted by Crippen LogP contribution is 2.46. The average Bonchev–Trinajstić information content (AvgIpc) is 3.56. The largest absolute Gasteiger partial charge is 0.550 e. The Balaban J connectivity index is 1.32. The van der Waals surface area contributed by atoms with Crippen LogP contribution in [0.5, 0.6) is 0 Å². The van der Waals surface area contributed by atoms with Gasteiger partial charge in [0.15, 0.2) is 6.54 Å². The number of carbonyl (C=O) groups is 2. The van der Waals surface area contributed by atoms with Crippen LogP contribution in [0.3, 0.4) is 0 Å². The van der Waals surface area contributed by atoms with Crippen LogP contribution in [0.2, 0.25) is 0 Å². The second-order valence-corrected chi connectivity index (χ2v) is 13.8. The molecular weight excluding hydrogens is 601 g/mol. The van der Waals surface area contributed by atoms with E-state index in [2.05, 4.69) is 89.2 Å². The Labute approximate surface area is 274 Å². The van der Waals surface area contributed by atoms with Crippen molar-refractivity contribution in [3.63, 3.8) is 0 Å². The van der Waals surface area contributed by atoms with E-state index in [1.54, 1.807) is 11.8 Å². The van der Waals surface area contributed by atoms with Gasteiger partial charge in [-0.2, -0.15) is 4.57 Å². The summed E-state index contributed by atoms with van der Waals surface area (Å²) in [6.07, 6.45) is 17.8. The van der Waals surface area contributed by atoms with Crippen molar-refractivity contribution in [2.24, 2.45) is 0 Å². The van der Waals surface area contributed by atoms with Gasteiger partial charge < -0.3 is 19.9 Å². The van der Waals surface area contributed by atoms with E-state index in [0.29, 0.717) is 12.8 Å². The smallest absolute Gasteiger partial charge is 0.303 e. The first kappa shape index (κ1) is 32.8. The zero-order chi connectivity index (χ0) is 31.6. The predicted molar refractivity (Wildman–Crippen MR) is 183 cm³/mol. The molecule has 2 aromatic carbocycles. The van der Waals surface area contributed by atoms with E-state index in [-0.39, 0.29) is 12.8 Å². The lowest BCUT2D eigenvalue weighted by Crippen LogP contribution is -2.35. The summed E-state index contributed by atoms with van der Waals surface area (Å²) >= 11 is 3.61. The molecule has 2 aliphatic rings. The van der Waals surface area contributed by atoms with Gasteiger partial charge in [-0.1, -0.05) is 65.9 Å². The minimum atomic E-state index is -0.970. The van der Waals surface area contributed by atoms with Gasteiger partial charge in [-0.3, -0.25) is 4.79 Å². The fraction of sp³-hybridized carbons (Fsp3) is 0.378. The fourth-order valence-electron chi connectivity index (χ4n) is 6.07. The highest BCUT2D eigenvalue weighted by molar-refractivity contribution is 8.03. The van der Waals surface area contributed by atoms with Crippen molar-refractivity contribution in [3.05, 3.63) is 93.5 Å². The van der Waals surface area contributed by atoms with Crippen LogP contribution in [-0.2, 0) is 16.1 Å². The molecule has 1 aliphatic heterocycles. The fourth-order valence-corrected chi connectivity index (χ4v) is 8.25. The molecule has 2 heterocycles. The number of anilines is 1. The lowest BCUT2D eigenvalue weighted by atomic mass is 9.88. The van der Waals surface area contributed by atoms with Crippen LogP contribution in [0.15, 0.2) is 93.4 Å². The number of carboxylic acids is 2. The van der Waals surface area contributed by atoms with Gasteiger partial charge in [-0.05, 0) is 99.3 Å². The van der Waals surface area contributed by atoms with Gasteiger partial charge in [0.2, 0.25) is 5.52 Å². The molecule has 0 atom stereocenters. The molecule has 0 amide bonds. The lowest BCUT2D eigenvalue weighted by molar-refractivity contribution is -0.669. The number of allylic oxidation sites excluding steroid dienone is 6. The topological polar surface area (TPSA) is 84.5 Å². The second-order valence-electron chi connectivity index (χ2n) is 11.7. The highest BCUT2D eigenvalue weighted by Gasteiger charge is 2.24. The van der Waals surface area contributed by atoms with E-state index in [9.17, 15) is 14.7 Å². The van der Waals surface area contributed by atoms with Crippen LogP contribution in [0, 0.1) is 0 Å². The third-order valence-corrected chi connectivity index (χ3v) is 10.8. The molecule has 5 rings (SSSR count). The molecule has 0 spiro atoms. The number of para-hydroxylation sites is 2. The number of benzene rings is 2. The van der Waals surface area contributed by atoms with Gasteiger partial charge in [-0.25, -0.2) is 0 Å². The second kappa shape index (κ2) is 16.1. The number of aromatic nitrogens is 1. The number of fused-ring (bicyclic) bond motifs is 2. The van der Waals surface area contributed by atoms with Crippen molar-refractivity contribution < 1.29 is 24.4 Å². The van der Waals surface area contributed by atoms with Crippen molar-refractivity contribution >= 4 is 57.0 Å². The van der Waals surface area contributed by atoms with E-state index in [0.717, 1.165) is 58.0 Å². The minimum Gasteiger partial charge on any atom is -0.550 e. The average molecular weight is 643 g/mol. The minimum absolute atomic E-state index is 0.125. The van der Waals surface area contributed by atoms with Gasteiger partial charge in [0.05, 0.1) is 10.7 Å². The zero-order valence-corrected chi connectivity index (χ0v) is 27.6. The molecule has 1 aliphatic carbocycles. The maximum absolute atomic E-state index is 10.9. The van der Waals surface area contributed by atoms with Crippen LogP contribution >= 0.6 is 23.1 Å². The quantitative estimate of drug-likeness (QED) is 0.133. The summed E-state index contributed by atoms with van der Waals surface area (Å²) in [6.45, 7) is 3.99. The van der Waals surface area contributed by atoms with E-state index in [1.807, 2.05) is 11.3 Å². The van der Waals surface area contributed by atoms with Crippen LogP contribution < -0.4 is 14.6 Å². The Morgan fingerprint density at radius 2 is 1.71 bits per heavy atom. The van der Waals surface area contributed by atoms with Gasteiger partial charge in [0.1, 0.15) is 4.70 Å². The molecule has 45 heavy (non-hydrogen) atoms. The number of thiazole rings is 1. The Morgan fingerprint density at radius 3 is 2.56 bits per heavy atom. The summed E-state index contributed by atoms with van der Waals surface area (Å²) in [5, 5.41) is 22.2. The number of rotatable bonds is 15. The van der Waals surface area contributed by atoms with Crippen LogP contribution in [0.25, 0.3) is 16.3 Å². The maximum atomic E-state index is 10.9. The Kier molecular flexibility index (Phi) is 11.7. The Bertz CT molecular complexity index is 1650. The molecule has 6 nitrogen and oxygen atoms in total. The number of unbranched alkanes of at least 4 members (excludes halogenated alkanes) is 4. The predicted octanol–water partition coefficient (Wildman–Crippen LogP) is 8.04. The molecule has 0 unspecified atom stereocenters. The SMILES string of the molecule is CC1=C(/C=C/c2sc3ccccc3[n+]2CCCCCC(=O)O)CCC/C1=C\C=C1/Sc2ccccc2N1CCCCCC(=O)[O-]. The first-order valence-electron chi connectivity index (χ1n) is 16.1. The molecule has 0 saturated heterocycles. The van der Waals surface area contributed by atoms with Gasteiger partial charge in [-0.15, -0.1) is 0 Å². The molecule has 1 aromatic heterocycles. The highest BCUT2D eigenvalue weighted by atomic mass is 32.2. The number of nitrogens with zero attached hydrogens (tertiary/aromatic N) is 2. The normalized spacial score (nSPS) is 16.9. The number of carboxylic acid groups (broad SMARTS) is 2. The van der Waals surface area contributed by atoms with Crippen LogP contribution in [0.4, 0.5) is 5.69 Å². The lowest BCUT2D eigenvalue weighted by Gasteiger charge is -2.21. The maximum Gasteiger partial charge on any atom is 0.303 e. The van der Waals surface area contributed by atoms with Gasteiger partial charge in [0, 0.05) is 42.4 Å². The molecule has 3 aromatic rings. The molecule has 236 valence electrons. The number of thioether (sulfide) groups is 1.